The van der Waals surface area contributed by atoms with Crippen LogP contribution in [0.1, 0.15) is 58.4 Å². The number of aliphatic hydroxyl groups is 1. The summed E-state index contributed by atoms with van der Waals surface area (Å²) in [7, 11) is 0. The lowest BCUT2D eigenvalue weighted by molar-refractivity contribution is -0.137. The van der Waals surface area contributed by atoms with E-state index in [1.807, 2.05) is 0 Å². The van der Waals surface area contributed by atoms with Crippen molar-refractivity contribution in [3.8, 4) is 5.75 Å². The number of carbonyl (C=O) groups is 2. The highest BCUT2D eigenvalue weighted by Gasteiger charge is 2.55. The maximum Gasteiger partial charge on any atom is 0.255 e. The van der Waals surface area contributed by atoms with Crippen molar-refractivity contribution < 1.29 is 28.6 Å². The van der Waals surface area contributed by atoms with Crippen molar-refractivity contribution in [2.24, 2.45) is 17.8 Å². The molecule has 6 nitrogen and oxygen atoms in total. The number of halogens is 1. The quantitative estimate of drug-likeness (QED) is 0.638. The van der Waals surface area contributed by atoms with E-state index in [9.17, 15) is 19.1 Å². The average Bonchev–Trinajstić information content (AvgIpc) is 2.77. The van der Waals surface area contributed by atoms with Gasteiger partial charge in [-0.25, -0.2) is 4.39 Å². The lowest BCUT2D eigenvalue weighted by Gasteiger charge is -2.58. The molecule has 178 valence electrons. The van der Waals surface area contributed by atoms with Crippen molar-refractivity contribution in [1.29, 1.82) is 0 Å². The lowest BCUT2D eigenvalue weighted by atomic mass is 9.52. The Kier molecular flexibility index (Phi) is 5.22. The largest absolute Gasteiger partial charge is 0.485 e. The first-order valence-electron chi connectivity index (χ1n) is 12.1. The molecule has 4 aliphatic carbocycles. The molecule has 4 saturated carbocycles. The Morgan fingerprint density at radius 3 is 2.41 bits per heavy atom. The summed E-state index contributed by atoms with van der Waals surface area (Å²) in [6, 6.07) is 10.5. The minimum atomic E-state index is -0.590. The molecule has 2 aromatic rings. The molecule has 5 fully saturated rings. The zero-order chi connectivity index (χ0) is 23.4. The fourth-order valence-corrected chi connectivity index (χ4v) is 6.66. The van der Waals surface area contributed by atoms with Crippen LogP contribution in [0.2, 0.25) is 0 Å². The Morgan fingerprint density at radius 1 is 1.03 bits per heavy atom. The normalized spacial score (nSPS) is 31.7. The predicted molar refractivity (Wildman–Crippen MR) is 121 cm³/mol. The van der Waals surface area contributed by atoms with E-state index in [0.29, 0.717) is 30.4 Å². The van der Waals surface area contributed by atoms with E-state index >= 15 is 0 Å². The molecule has 7 rings (SSSR count). The van der Waals surface area contributed by atoms with E-state index in [1.54, 1.807) is 18.2 Å². The third-order valence-corrected chi connectivity index (χ3v) is 8.05. The number of nitrogens with one attached hydrogen (secondary N) is 1. The smallest absolute Gasteiger partial charge is 0.255 e. The lowest BCUT2D eigenvalue weighted by Crippen LogP contribution is -2.61. The van der Waals surface area contributed by atoms with Crippen LogP contribution in [0.15, 0.2) is 42.5 Å². The summed E-state index contributed by atoms with van der Waals surface area (Å²) in [6.07, 6.45) is 4.26. The molecule has 1 amide bonds. The summed E-state index contributed by atoms with van der Waals surface area (Å²) < 4.78 is 25.4. The summed E-state index contributed by atoms with van der Waals surface area (Å²) in [5.41, 5.74) is 0.0210. The topological polar surface area (TPSA) is 84.9 Å². The molecule has 1 heterocycles. The number of amides is 1. The molecular formula is C27H28FNO5. The second-order valence-corrected chi connectivity index (χ2v) is 10.5. The van der Waals surface area contributed by atoms with Crippen LogP contribution in [0, 0.1) is 23.6 Å². The number of hydrogen-bond acceptors (Lipinski definition) is 5. The third kappa shape index (κ3) is 3.81. The number of rotatable bonds is 6. The van der Waals surface area contributed by atoms with Gasteiger partial charge in [0, 0.05) is 11.6 Å². The first-order valence-corrected chi connectivity index (χ1v) is 12.1. The zero-order valence-corrected chi connectivity index (χ0v) is 18.8. The third-order valence-electron chi connectivity index (χ3n) is 8.05. The van der Waals surface area contributed by atoms with E-state index in [-0.39, 0.29) is 41.0 Å². The van der Waals surface area contributed by atoms with Gasteiger partial charge in [-0.1, -0.05) is 12.1 Å². The Hall–Kier alpha value is -2.77. The van der Waals surface area contributed by atoms with Gasteiger partial charge in [0.1, 0.15) is 17.7 Å². The van der Waals surface area contributed by atoms with Crippen LogP contribution >= 0.6 is 0 Å². The van der Waals surface area contributed by atoms with Gasteiger partial charge in [-0.3, -0.25) is 9.59 Å². The Balaban J connectivity index is 1.26. The molecule has 2 unspecified atom stereocenters. The summed E-state index contributed by atoms with van der Waals surface area (Å²) in [5.74, 6) is 0.122. The number of hydrogen-bond donors (Lipinski definition) is 2. The van der Waals surface area contributed by atoms with Crippen molar-refractivity contribution in [3.05, 3.63) is 65.0 Å². The molecule has 2 N–H and O–H groups in total. The summed E-state index contributed by atoms with van der Waals surface area (Å²) in [4.78, 5) is 26.3. The van der Waals surface area contributed by atoms with Gasteiger partial charge in [-0.05, 0) is 80.2 Å². The molecule has 34 heavy (non-hydrogen) atoms. The SMILES string of the molecule is O=C(c1ccc(C(=O)N[C@H]2C3CC4CC2C[C@](O)(C4)C3)c(OC2COC2)c1)c1ccccc1F. The van der Waals surface area contributed by atoms with Crippen molar-refractivity contribution in [1.82, 2.24) is 5.32 Å². The fourth-order valence-electron chi connectivity index (χ4n) is 6.66. The zero-order valence-electron chi connectivity index (χ0n) is 18.8. The van der Waals surface area contributed by atoms with Crippen molar-refractivity contribution in [2.45, 2.75) is 49.9 Å². The Labute approximate surface area is 197 Å². The van der Waals surface area contributed by atoms with Gasteiger partial charge in [0.25, 0.3) is 5.91 Å². The molecule has 2 atom stereocenters. The van der Waals surface area contributed by atoms with Crippen molar-refractivity contribution >= 4 is 11.7 Å². The van der Waals surface area contributed by atoms with E-state index in [0.717, 1.165) is 32.1 Å². The van der Waals surface area contributed by atoms with Crippen LogP contribution in [0.3, 0.4) is 0 Å². The molecule has 4 bridgehead atoms. The van der Waals surface area contributed by atoms with Crippen LogP contribution in [-0.2, 0) is 4.74 Å². The van der Waals surface area contributed by atoms with Crippen LogP contribution in [0.4, 0.5) is 4.39 Å². The molecule has 0 aromatic heterocycles. The maximum absolute atomic E-state index is 14.2. The van der Waals surface area contributed by atoms with Gasteiger partial charge < -0.3 is 19.9 Å². The number of ketones is 1. The number of ether oxygens (including phenoxy) is 2. The van der Waals surface area contributed by atoms with Gasteiger partial charge in [0.05, 0.1) is 29.9 Å². The highest BCUT2D eigenvalue weighted by atomic mass is 19.1. The molecule has 0 spiro atoms. The van der Waals surface area contributed by atoms with Crippen LogP contribution < -0.4 is 10.1 Å². The Morgan fingerprint density at radius 2 is 1.76 bits per heavy atom. The minimum Gasteiger partial charge on any atom is -0.485 e. The first kappa shape index (κ1) is 21.7. The summed E-state index contributed by atoms with van der Waals surface area (Å²) in [6.45, 7) is 0.832. The molecular weight excluding hydrogens is 437 g/mol. The predicted octanol–water partition coefficient (Wildman–Crippen LogP) is 3.50. The van der Waals surface area contributed by atoms with Gasteiger partial charge in [0.2, 0.25) is 0 Å². The number of carbonyl (C=O) groups excluding carboxylic acids is 2. The van der Waals surface area contributed by atoms with Crippen LogP contribution in [-0.4, -0.2) is 47.8 Å². The monoisotopic (exact) mass is 465 g/mol. The fraction of sp³-hybridized carbons (Fsp3) is 0.481. The summed E-state index contributed by atoms with van der Waals surface area (Å²) in [5, 5.41) is 14.1. The van der Waals surface area contributed by atoms with Gasteiger partial charge in [0.15, 0.2) is 5.78 Å². The van der Waals surface area contributed by atoms with E-state index in [4.69, 9.17) is 9.47 Å². The van der Waals surface area contributed by atoms with Crippen LogP contribution in [0.25, 0.3) is 0 Å². The minimum absolute atomic E-state index is 0.0239. The molecule has 2 aromatic carbocycles. The van der Waals surface area contributed by atoms with Crippen molar-refractivity contribution in [3.63, 3.8) is 0 Å². The first-order chi connectivity index (χ1) is 16.4. The molecule has 0 radical (unpaired) electrons. The highest BCUT2D eigenvalue weighted by Crippen LogP contribution is 2.55. The Bertz CT molecular complexity index is 1130. The second-order valence-electron chi connectivity index (χ2n) is 10.5. The van der Waals surface area contributed by atoms with Crippen LogP contribution in [0.5, 0.6) is 5.75 Å². The van der Waals surface area contributed by atoms with Gasteiger partial charge in [-0.15, -0.1) is 0 Å². The standard InChI is InChI=1S/C27H28FNO5/c28-22-4-2-1-3-20(22)25(30)16-5-6-21(23(9-16)34-19-13-33-14-19)26(31)29-24-17-7-15-8-18(24)12-27(32,10-15)11-17/h1-6,9,15,17-19,24,32H,7-8,10-14H2,(H,29,31)/t15?,17?,18?,24-,27-. The summed E-state index contributed by atoms with van der Waals surface area (Å²) >= 11 is 0. The van der Waals surface area contributed by atoms with E-state index in [2.05, 4.69) is 5.32 Å². The average molecular weight is 466 g/mol. The number of benzene rings is 2. The molecule has 1 saturated heterocycles. The highest BCUT2D eigenvalue weighted by molar-refractivity contribution is 6.10. The second kappa shape index (κ2) is 8.17. The molecule has 1 aliphatic heterocycles. The molecule has 7 heteroatoms. The van der Waals surface area contributed by atoms with Gasteiger partial charge in [-0.2, -0.15) is 0 Å². The van der Waals surface area contributed by atoms with Crippen molar-refractivity contribution in [2.75, 3.05) is 13.2 Å². The maximum atomic E-state index is 14.2. The molecule has 5 aliphatic rings. The van der Waals surface area contributed by atoms with E-state index < -0.39 is 17.2 Å². The van der Waals surface area contributed by atoms with Gasteiger partial charge >= 0.3 is 0 Å². The van der Waals surface area contributed by atoms with E-state index in [1.165, 1.54) is 24.3 Å².